The molecule has 1 amide bonds. The van der Waals surface area contributed by atoms with Crippen LogP contribution >= 0.6 is 0 Å². The van der Waals surface area contributed by atoms with Gasteiger partial charge < -0.3 is 10.2 Å². The van der Waals surface area contributed by atoms with Gasteiger partial charge in [0.25, 0.3) is 5.91 Å². The van der Waals surface area contributed by atoms with Crippen LogP contribution in [-0.4, -0.2) is 12.5 Å². The highest BCUT2D eigenvalue weighted by Gasteiger charge is 2.15. The van der Waals surface area contributed by atoms with Crippen LogP contribution in [0.4, 0.5) is 5.69 Å². The summed E-state index contributed by atoms with van der Waals surface area (Å²) in [5, 5.41) is 12.3. The van der Waals surface area contributed by atoms with Gasteiger partial charge in [-0.15, -0.1) is 0 Å². The number of benzene rings is 2. The molecule has 128 valence electrons. The highest BCUT2D eigenvalue weighted by atomic mass is 16.1. The van der Waals surface area contributed by atoms with Gasteiger partial charge in [0.1, 0.15) is 11.6 Å². The molecule has 1 atom stereocenters. The fraction of sp³-hybridized carbons (Fsp3) is 0.238. The molecule has 0 fully saturated rings. The molecular formula is C21H23N3O. The van der Waals surface area contributed by atoms with E-state index in [0.29, 0.717) is 6.54 Å². The first-order valence-electron chi connectivity index (χ1n) is 8.36. The number of nitrogens with zero attached hydrogens (tertiary/aromatic N) is 2. The maximum atomic E-state index is 12.5. The second-order valence-corrected chi connectivity index (χ2v) is 5.89. The number of hydrogen-bond acceptors (Lipinski definition) is 3. The Balaban J connectivity index is 2.18. The Labute approximate surface area is 149 Å². The number of anilines is 1. The van der Waals surface area contributed by atoms with Crippen molar-refractivity contribution < 1.29 is 4.79 Å². The molecule has 25 heavy (non-hydrogen) atoms. The Morgan fingerprint density at radius 1 is 1.24 bits per heavy atom. The fourth-order valence-corrected chi connectivity index (χ4v) is 2.55. The quantitative estimate of drug-likeness (QED) is 0.639. The van der Waals surface area contributed by atoms with Gasteiger partial charge in [-0.3, -0.25) is 4.79 Å². The van der Waals surface area contributed by atoms with Crippen molar-refractivity contribution in [3.8, 4) is 6.07 Å². The Bertz CT molecular complexity index is 790. The topological polar surface area (TPSA) is 56.1 Å². The van der Waals surface area contributed by atoms with Crippen LogP contribution in [0.2, 0.25) is 0 Å². The van der Waals surface area contributed by atoms with E-state index in [-0.39, 0.29) is 17.5 Å². The zero-order valence-corrected chi connectivity index (χ0v) is 14.9. The van der Waals surface area contributed by atoms with Crippen LogP contribution in [0.3, 0.4) is 0 Å². The molecule has 0 bridgehead atoms. The molecule has 0 saturated carbocycles. The van der Waals surface area contributed by atoms with E-state index < -0.39 is 0 Å². The minimum atomic E-state index is -0.370. The summed E-state index contributed by atoms with van der Waals surface area (Å²) in [6, 6.07) is 19.5. The van der Waals surface area contributed by atoms with Crippen LogP contribution in [0.5, 0.6) is 0 Å². The van der Waals surface area contributed by atoms with Gasteiger partial charge in [0, 0.05) is 18.4 Å². The maximum absolute atomic E-state index is 12.5. The Kier molecular flexibility index (Phi) is 6.36. The number of nitrogens with one attached hydrogen (secondary N) is 1. The average Bonchev–Trinajstić information content (AvgIpc) is 2.63. The summed E-state index contributed by atoms with van der Waals surface area (Å²) < 4.78 is 0. The number of carbonyl (C=O) groups excluding carboxylic acids is 1. The largest absolute Gasteiger partial charge is 0.347 e. The summed E-state index contributed by atoms with van der Waals surface area (Å²) in [6.07, 6.45) is 1.61. The van der Waals surface area contributed by atoms with E-state index >= 15 is 0 Å². The SMILES string of the molecule is CCN(/C=C(/C#N)C(=O)NC(C)c1ccccc1)c1cccc(C)c1. The molecule has 0 radical (unpaired) electrons. The number of amides is 1. The molecule has 0 aromatic heterocycles. The lowest BCUT2D eigenvalue weighted by Gasteiger charge is -2.20. The smallest absolute Gasteiger partial charge is 0.263 e. The highest BCUT2D eigenvalue weighted by Crippen LogP contribution is 2.18. The molecule has 0 saturated heterocycles. The van der Waals surface area contributed by atoms with Crippen molar-refractivity contribution in [1.82, 2.24) is 5.32 Å². The third-order valence-corrected chi connectivity index (χ3v) is 3.97. The predicted octanol–water partition coefficient (Wildman–Crippen LogP) is 4.11. The molecule has 0 aliphatic carbocycles. The van der Waals surface area contributed by atoms with E-state index in [1.54, 1.807) is 6.20 Å². The molecule has 4 nitrogen and oxygen atoms in total. The van der Waals surface area contributed by atoms with E-state index in [2.05, 4.69) is 5.32 Å². The lowest BCUT2D eigenvalue weighted by molar-refractivity contribution is -0.117. The van der Waals surface area contributed by atoms with Crippen LogP contribution < -0.4 is 10.2 Å². The first-order valence-corrected chi connectivity index (χ1v) is 8.36. The van der Waals surface area contributed by atoms with Crippen molar-refractivity contribution in [2.24, 2.45) is 0 Å². The summed E-state index contributed by atoms with van der Waals surface area (Å²) in [4.78, 5) is 14.4. The third-order valence-electron chi connectivity index (χ3n) is 3.97. The minimum Gasteiger partial charge on any atom is -0.347 e. The fourth-order valence-electron chi connectivity index (χ4n) is 2.55. The van der Waals surface area contributed by atoms with Crippen LogP contribution in [0.25, 0.3) is 0 Å². The summed E-state index contributed by atoms with van der Waals surface area (Å²) in [7, 11) is 0. The molecule has 0 aliphatic rings. The zero-order valence-electron chi connectivity index (χ0n) is 14.9. The molecule has 2 rings (SSSR count). The van der Waals surface area contributed by atoms with Gasteiger partial charge >= 0.3 is 0 Å². The van der Waals surface area contributed by atoms with Gasteiger partial charge in [0.15, 0.2) is 0 Å². The molecule has 1 unspecified atom stereocenters. The van der Waals surface area contributed by atoms with Gasteiger partial charge in [-0.25, -0.2) is 0 Å². The molecule has 0 heterocycles. The van der Waals surface area contributed by atoms with E-state index in [4.69, 9.17) is 0 Å². The van der Waals surface area contributed by atoms with Gasteiger partial charge in [-0.05, 0) is 44.0 Å². The van der Waals surface area contributed by atoms with E-state index in [1.807, 2.05) is 86.3 Å². The van der Waals surface area contributed by atoms with Crippen LogP contribution in [-0.2, 0) is 4.79 Å². The number of aryl methyl sites for hydroxylation is 1. The third kappa shape index (κ3) is 4.95. The Morgan fingerprint density at radius 2 is 1.96 bits per heavy atom. The summed E-state index contributed by atoms with van der Waals surface area (Å²) >= 11 is 0. The number of carbonyl (C=O) groups is 1. The van der Waals surface area contributed by atoms with Crippen LogP contribution in [0, 0.1) is 18.3 Å². The van der Waals surface area contributed by atoms with Crippen molar-refractivity contribution >= 4 is 11.6 Å². The van der Waals surface area contributed by atoms with Crippen LogP contribution in [0.1, 0.15) is 31.0 Å². The van der Waals surface area contributed by atoms with Crippen molar-refractivity contribution in [3.63, 3.8) is 0 Å². The zero-order chi connectivity index (χ0) is 18.2. The molecule has 4 heteroatoms. The molecular weight excluding hydrogens is 310 g/mol. The van der Waals surface area contributed by atoms with Gasteiger partial charge in [0.2, 0.25) is 0 Å². The Morgan fingerprint density at radius 3 is 2.56 bits per heavy atom. The monoisotopic (exact) mass is 333 g/mol. The average molecular weight is 333 g/mol. The van der Waals surface area contributed by atoms with Crippen molar-refractivity contribution in [2.45, 2.75) is 26.8 Å². The van der Waals surface area contributed by atoms with E-state index in [9.17, 15) is 10.1 Å². The van der Waals surface area contributed by atoms with Crippen molar-refractivity contribution in [2.75, 3.05) is 11.4 Å². The van der Waals surface area contributed by atoms with Crippen LogP contribution in [0.15, 0.2) is 66.4 Å². The summed E-state index contributed by atoms with van der Waals surface area (Å²) in [5.41, 5.74) is 3.18. The molecule has 2 aromatic carbocycles. The maximum Gasteiger partial charge on any atom is 0.263 e. The predicted molar refractivity (Wildman–Crippen MR) is 101 cm³/mol. The number of hydrogen-bond donors (Lipinski definition) is 1. The molecule has 0 aliphatic heterocycles. The first-order chi connectivity index (χ1) is 12.0. The summed E-state index contributed by atoms with van der Waals surface area (Å²) in [5.74, 6) is -0.370. The second kappa shape index (κ2) is 8.70. The Hall–Kier alpha value is -3.06. The van der Waals surface area contributed by atoms with Crippen molar-refractivity contribution in [3.05, 3.63) is 77.5 Å². The second-order valence-electron chi connectivity index (χ2n) is 5.89. The molecule has 0 spiro atoms. The molecule has 2 aromatic rings. The van der Waals surface area contributed by atoms with Gasteiger partial charge in [-0.2, -0.15) is 5.26 Å². The normalized spacial score (nSPS) is 12.2. The minimum absolute atomic E-state index is 0.0890. The van der Waals surface area contributed by atoms with Gasteiger partial charge in [0.05, 0.1) is 6.04 Å². The summed E-state index contributed by atoms with van der Waals surface area (Å²) in [6.45, 7) is 6.56. The van der Waals surface area contributed by atoms with E-state index in [0.717, 1.165) is 16.8 Å². The molecule has 1 N–H and O–H groups in total. The number of nitriles is 1. The highest BCUT2D eigenvalue weighted by molar-refractivity contribution is 5.97. The van der Waals surface area contributed by atoms with E-state index in [1.165, 1.54) is 0 Å². The lowest BCUT2D eigenvalue weighted by Crippen LogP contribution is -2.29. The number of rotatable bonds is 6. The first kappa shape index (κ1) is 18.3. The van der Waals surface area contributed by atoms with Crippen molar-refractivity contribution in [1.29, 1.82) is 5.26 Å². The standard InChI is InChI=1S/C21H23N3O/c1-4-24(20-12-8-9-16(2)13-20)15-19(14-22)21(25)23-17(3)18-10-6-5-7-11-18/h5-13,15,17H,4H2,1-3H3,(H,23,25)/b19-15-. The van der Waals surface area contributed by atoms with Gasteiger partial charge in [-0.1, -0.05) is 42.5 Å². The lowest BCUT2D eigenvalue weighted by atomic mass is 10.1.